The zero-order valence-corrected chi connectivity index (χ0v) is 15.6. The van der Waals surface area contributed by atoms with Gasteiger partial charge in [0, 0.05) is 38.3 Å². The highest BCUT2D eigenvalue weighted by molar-refractivity contribution is 5.94. The molecule has 4 rings (SSSR count). The van der Waals surface area contributed by atoms with E-state index < -0.39 is 11.7 Å². The van der Waals surface area contributed by atoms with E-state index >= 15 is 0 Å². The van der Waals surface area contributed by atoms with Gasteiger partial charge in [0.25, 0.3) is 5.91 Å². The van der Waals surface area contributed by atoms with Crippen molar-refractivity contribution >= 4 is 5.91 Å². The summed E-state index contributed by atoms with van der Waals surface area (Å²) in [7, 11) is 0. The lowest BCUT2D eigenvalue weighted by atomic mass is 10.1. The molecule has 1 aliphatic heterocycles. The summed E-state index contributed by atoms with van der Waals surface area (Å²) in [6.45, 7) is 2.97. The predicted octanol–water partition coefficient (Wildman–Crippen LogP) is 4.15. The molecule has 0 spiro atoms. The van der Waals surface area contributed by atoms with E-state index in [9.17, 15) is 18.0 Å². The lowest BCUT2D eigenvalue weighted by Gasteiger charge is -2.35. The van der Waals surface area contributed by atoms with Gasteiger partial charge in [-0.1, -0.05) is 24.3 Å². The number of nitrogens with zero attached hydrogens (tertiary/aromatic N) is 2. The van der Waals surface area contributed by atoms with Crippen LogP contribution in [-0.2, 0) is 25.6 Å². The van der Waals surface area contributed by atoms with Crippen LogP contribution in [0.15, 0.2) is 42.5 Å². The Hall–Kier alpha value is -2.34. The maximum absolute atomic E-state index is 12.9. The summed E-state index contributed by atoms with van der Waals surface area (Å²) in [5.74, 6) is 0.0495. The Labute approximate surface area is 162 Å². The van der Waals surface area contributed by atoms with Gasteiger partial charge < -0.3 is 4.90 Å². The van der Waals surface area contributed by atoms with Crippen LogP contribution in [0.4, 0.5) is 13.2 Å². The number of carbonyl (C=O) groups is 1. The van der Waals surface area contributed by atoms with Crippen LogP contribution in [0.2, 0.25) is 0 Å². The molecule has 0 atom stereocenters. The molecule has 6 heteroatoms. The van der Waals surface area contributed by atoms with Gasteiger partial charge in [0.1, 0.15) is 0 Å². The van der Waals surface area contributed by atoms with Gasteiger partial charge in [0.2, 0.25) is 0 Å². The molecule has 2 aliphatic rings. The van der Waals surface area contributed by atoms with Crippen LogP contribution in [0.3, 0.4) is 0 Å². The molecular weight excluding hydrogens is 365 g/mol. The molecule has 0 saturated carbocycles. The fourth-order valence-corrected chi connectivity index (χ4v) is 4.10. The van der Waals surface area contributed by atoms with Gasteiger partial charge in [-0.25, -0.2) is 0 Å². The number of amides is 1. The fourth-order valence-electron chi connectivity index (χ4n) is 4.10. The van der Waals surface area contributed by atoms with Crippen molar-refractivity contribution in [2.24, 2.45) is 0 Å². The summed E-state index contributed by atoms with van der Waals surface area (Å²) in [4.78, 5) is 16.7. The standard InChI is InChI=1S/C22H23F3N2O/c23-22(24,25)20-6-1-3-16(13-20)15-26-9-11-27(12-10-26)21(28)19-8-7-17-4-2-5-18(17)14-19/h1,3,6-8,13-14H,2,4-5,9-12,15H2. The van der Waals surface area contributed by atoms with Crippen LogP contribution in [-0.4, -0.2) is 41.9 Å². The topological polar surface area (TPSA) is 23.6 Å². The number of rotatable bonds is 3. The van der Waals surface area contributed by atoms with Crippen molar-refractivity contribution in [3.8, 4) is 0 Å². The third-order valence-corrected chi connectivity index (χ3v) is 5.67. The van der Waals surface area contributed by atoms with Crippen molar-refractivity contribution in [2.45, 2.75) is 32.0 Å². The van der Waals surface area contributed by atoms with E-state index in [4.69, 9.17) is 0 Å². The largest absolute Gasteiger partial charge is 0.416 e. The monoisotopic (exact) mass is 388 g/mol. The summed E-state index contributed by atoms with van der Waals surface area (Å²) in [5, 5.41) is 0. The van der Waals surface area contributed by atoms with Gasteiger partial charge in [-0.2, -0.15) is 13.2 Å². The van der Waals surface area contributed by atoms with Crippen molar-refractivity contribution in [1.82, 2.24) is 9.80 Å². The molecule has 2 aromatic carbocycles. The van der Waals surface area contributed by atoms with E-state index in [2.05, 4.69) is 11.0 Å². The van der Waals surface area contributed by atoms with E-state index in [0.717, 1.165) is 30.9 Å². The minimum atomic E-state index is -4.32. The van der Waals surface area contributed by atoms with Gasteiger partial charge in [-0.15, -0.1) is 0 Å². The third-order valence-electron chi connectivity index (χ3n) is 5.67. The quantitative estimate of drug-likeness (QED) is 0.789. The van der Waals surface area contributed by atoms with E-state index in [1.165, 1.54) is 23.3 Å². The first-order valence-corrected chi connectivity index (χ1v) is 9.70. The number of benzene rings is 2. The number of fused-ring (bicyclic) bond motifs is 1. The van der Waals surface area contributed by atoms with Crippen molar-refractivity contribution < 1.29 is 18.0 Å². The van der Waals surface area contributed by atoms with Crippen LogP contribution in [0.1, 0.15) is 39.0 Å². The van der Waals surface area contributed by atoms with E-state index in [1.807, 2.05) is 17.0 Å². The molecule has 0 N–H and O–H groups in total. The second-order valence-corrected chi connectivity index (χ2v) is 7.60. The van der Waals surface area contributed by atoms with Gasteiger partial charge in [-0.05, 0) is 54.2 Å². The maximum Gasteiger partial charge on any atom is 0.416 e. The highest BCUT2D eigenvalue weighted by Crippen LogP contribution is 2.30. The average Bonchev–Trinajstić information content (AvgIpc) is 3.15. The first-order valence-electron chi connectivity index (χ1n) is 9.70. The van der Waals surface area contributed by atoms with Crippen molar-refractivity contribution in [3.05, 3.63) is 70.3 Å². The van der Waals surface area contributed by atoms with E-state index in [1.54, 1.807) is 6.07 Å². The maximum atomic E-state index is 12.9. The molecule has 1 fully saturated rings. The number of hydrogen-bond donors (Lipinski definition) is 0. The number of hydrogen-bond acceptors (Lipinski definition) is 2. The number of aryl methyl sites for hydroxylation is 2. The van der Waals surface area contributed by atoms with Gasteiger partial charge in [0.05, 0.1) is 5.56 Å². The molecule has 28 heavy (non-hydrogen) atoms. The Kier molecular flexibility index (Phi) is 5.15. The Morgan fingerprint density at radius 3 is 2.43 bits per heavy atom. The summed E-state index contributed by atoms with van der Waals surface area (Å²) in [6, 6.07) is 11.5. The second-order valence-electron chi connectivity index (χ2n) is 7.60. The first kappa shape index (κ1) is 19.0. The Morgan fingerprint density at radius 2 is 1.68 bits per heavy atom. The zero-order valence-electron chi connectivity index (χ0n) is 15.6. The molecule has 1 heterocycles. The third kappa shape index (κ3) is 4.07. The smallest absolute Gasteiger partial charge is 0.336 e. The molecule has 148 valence electrons. The summed E-state index contributed by atoms with van der Waals surface area (Å²) in [5.41, 5.74) is 3.41. The van der Waals surface area contributed by atoms with Crippen LogP contribution < -0.4 is 0 Å². The fraction of sp³-hybridized carbons (Fsp3) is 0.409. The van der Waals surface area contributed by atoms with Crippen LogP contribution in [0.5, 0.6) is 0 Å². The van der Waals surface area contributed by atoms with Crippen molar-refractivity contribution in [2.75, 3.05) is 26.2 Å². The lowest BCUT2D eigenvalue weighted by Crippen LogP contribution is -2.48. The number of piperazine rings is 1. The molecule has 1 amide bonds. The van der Waals surface area contributed by atoms with Crippen molar-refractivity contribution in [3.63, 3.8) is 0 Å². The molecule has 2 aromatic rings. The lowest BCUT2D eigenvalue weighted by molar-refractivity contribution is -0.137. The van der Waals surface area contributed by atoms with Crippen molar-refractivity contribution in [1.29, 1.82) is 0 Å². The Balaban J connectivity index is 1.35. The molecule has 0 bridgehead atoms. The number of alkyl halides is 3. The predicted molar refractivity (Wildman–Crippen MR) is 101 cm³/mol. The summed E-state index contributed by atoms with van der Waals surface area (Å²) >= 11 is 0. The molecule has 0 aromatic heterocycles. The molecule has 3 nitrogen and oxygen atoms in total. The summed E-state index contributed by atoms with van der Waals surface area (Å²) in [6.07, 6.45) is -1.03. The molecule has 1 saturated heterocycles. The Bertz CT molecular complexity index is 870. The van der Waals surface area contributed by atoms with Crippen LogP contribution in [0, 0.1) is 0 Å². The second kappa shape index (κ2) is 7.59. The number of halogens is 3. The van der Waals surface area contributed by atoms with Crippen LogP contribution >= 0.6 is 0 Å². The van der Waals surface area contributed by atoms with E-state index in [-0.39, 0.29) is 5.91 Å². The van der Waals surface area contributed by atoms with Crippen LogP contribution in [0.25, 0.3) is 0 Å². The molecular formula is C22H23F3N2O. The summed E-state index contributed by atoms with van der Waals surface area (Å²) < 4.78 is 38.6. The zero-order chi connectivity index (χ0) is 19.7. The number of carbonyl (C=O) groups excluding carboxylic acids is 1. The minimum Gasteiger partial charge on any atom is -0.336 e. The molecule has 0 unspecified atom stereocenters. The average molecular weight is 388 g/mol. The van der Waals surface area contributed by atoms with Gasteiger partial charge >= 0.3 is 6.18 Å². The molecule has 1 aliphatic carbocycles. The van der Waals surface area contributed by atoms with Gasteiger partial charge in [0.15, 0.2) is 0 Å². The van der Waals surface area contributed by atoms with Gasteiger partial charge in [-0.3, -0.25) is 9.69 Å². The minimum absolute atomic E-state index is 0.0495. The normalized spacial score (nSPS) is 17.6. The molecule has 0 radical (unpaired) electrons. The van der Waals surface area contributed by atoms with E-state index in [0.29, 0.717) is 38.3 Å². The SMILES string of the molecule is O=C(c1ccc2c(c1)CCC2)N1CCN(Cc2cccc(C(F)(F)F)c2)CC1. The highest BCUT2D eigenvalue weighted by Gasteiger charge is 2.30. The Morgan fingerprint density at radius 1 is 0.929 bits per heavy atom. The highest BCUT2D eigenvalue weighted by atomic mass is 19.4. The first-order chi connectivity index (χ1) is 13.4.